The normalized spacial score (nSPS) is 12.4. The Morgan fingerprint density at radius 2 is 2.00 bits per heavy atom. The van der Waals surface area contributed by atoms with Crippen molar-refractivity contribution in [2.45, 2.75) is 17.3 Å². The van der Waals surface area contributed by atoms with Crippen molar-refractivity contribution in [3.05, 3.63) is 40.9 Å². The third-order valence-corrected chi connectivity index (χ3v) is 6.80. The maximum Gasteiger partial charge on any atom is 0.249 e. The minimum absolute atomic E-state index is 0.192. The summed E-state index contributed by atoms with van der Waals surface area (Å²) in [7, 11) is -3.79. The summed E-state index contributed by atoms with van der Waals surface area (Å²) in [5, 5.41) is 11.2. The number of rotatable bonds is 8. The Bertz CT molecular complexity index is 929. The van der Waals surface area contributed by atoms with E-state index in [1.165, 1.54) is 48.2 Å². The lowest BCUT2D eigenvalue weighted by molar-refractivity contribution is -0.116. The van der Waals surface area contributed by atoms with E-state index in [9.17, 15) is 13.2 Å². The van der Waals surface area contributed by atoms with Gasteiger partial charge in [-0.05, 0) is 25.1 Å². The highest BCUT2D eigenvalue weighted by Gasteiger charge is 2.30. The molecule has 1 unspecified atom stereocenters. The third-order valence-electron chi connectivity index (χ3n) is 3.15. The molecule has 1 heterocycles. The molecule has 0 spiro atoms. The number of nitrogens with zero attached hydrogens (tertiary/aromatic N) is 3. The summed E-state index contributed by atoms with van der Waals surface area (Å²) in [6.45, 7) is 5.08. The highest BCUT2D eigenvalue weighted by Crippen LogP contribution is 2.29. The SMILES string of the molecule is C=CCSc1nnc(NC(=O)C(C)N(c2cc(Cl)cc(Cl)c2)S(C)(=O)=O)s1. The highest BCUT2D eigenvalue weighted by atomic mass is 35.5. The lowest BCUT2D eigenvalue weighted by atomic mass is 10.2. The van der Waals surface area contributed by atoms with Crippen LogP contribution >= 0.6 is 46.3 Å². The second-order valence-electron chi connectivity index (χ2n) is 5.32. The second-order valence-corrected chi connectivity index (χ2v) is 10.3. The molecule has 1 aromatic carbocycles. The van der Waals surface area contributed by atoms with Gasteiger partial charge in [-0.2, -0.15) is 0 Å². The minimum atomic E-state index is -3.79. The average molecular weight is 467 g/mol. The minimum Gasteiger partial charge on any atom is -0.299 e. The first-order valence-electron chi connectivity index (χ1n) is 7.45. The fourth-order valence-electron chi connectivity index (χ4n) is 2.13. The molecule has 0 aliphatic rings. The fourth-order valence-corrected chi connectivity index (χ4v) is 5.32. The molecule has 12 heteroatoms. The van der Waals surface area contributed by atoms with Crippen molar-refractivity contribution in [2.75, 3.05) is 21.6 Å². The zero-order chi connectivity index (χ0) is 20.2. The van der Waals surface area contributed by atoms with Gasteiger partial charge in [-0.15, -0.1) is 16.8 Å². The van der Waals surface area contributed by atoms with Gasteiger partial charge in [0, 0.05) is 15.8 Å². The Kier molecular flexibility index (Phi) is 7.52. The lowest BCUT2D eigenvalue weighted by Gasteiger charge is -2.28. The average Bonchev–Trinajstić information content (AvgIpc) is 2.98. The zero-order valence-corrected chi connectivity index (χ0v) is 18.3. The topological polar surface area (TPSA) is 92.3 Å². The molecule has 2 rings (SSSR count). The van der Waals surface area contributed by atoms with Crippen LogP contribution in [0.15, 0.2) is 35.2 Å². The Hall–Kier alpha value is -1.33. The molecule has 1 atom stereocenters. The number of amides is 1. The highest BCUT2D eigenvalue weighted by molar-refractivity contribution is 8.01. The van der Waals surface area contributed by atoms with Crippen LogP contribution in [0, 0.1) is 0 Å². The number of aromatic nitrogens is 2. The number of nitrogens with one attached hydrogen (secondary N) is 1. The number of sulfonamides is 1. The monoisotopic (exact) mass is 466 g/mol. The smallest absolute Gasteiger partial charge is 0.249 e. The van der Waals surface area contributed by atoms with Gasteiger partial charge in [-0.3, -0.25) is 14.4 Å². The van der Waals surface area contributed by atoms with Gasteiger partial charge in [0.2, 0.25) is 21.1 Å². The van der Waals surface area contributed by atoms with Crippen LogP contribution in [0.2, 0.25) is 10.0 Å². The molecule has 1 N–H and O–H groups in total. The Balaban J connectivity index is 2.24. The van der Waals surface area contributed by atoms with E-state index in [1.807, 2.05) is 0 Å². The first kappa shape index (κ1) is 22.0. The molecule has 0 bridgehead atoms. The second kappa shape index (κ2) is 9.24. The Morgan fingerprint density at radius 3 is 2.56 bits per heavy atom. The van der Waals surface area contributed by atoms with Crippen LogP contribution in [0.25, 0.3) is 0 Å². The van der Waals surface area contributed by atoms with Crippen LogP contribution in [-0.4, -0.2) is 42.6 Å². The van der Waals surface area contributed by atoms with Crippen LogP contribution in [0.5, 0.6) is 0 Å². The molecule has 0 saturated carbocycles. The summed E-state index contributed by atoms with van der Waals surface area (Å²) in [5.41, 5.74) is 0.192. The van der Waals surface area contributed by atoms with E-state index in [0.717, 1.165) is 10.6 Å². The van der Waals surface area contributed by atoms with Crippen molar-refractivity contribution < 1.29 is 13.2 Å². The fraction of sp³-hybridized carbons (Fsp3) is 0.267. The number of thioether (sulfide) groups is 1. The van der Waals surface area contributed by atoms with E-state index in [4.69, 9.17) is 23.2 Å². The molecule has 0 aliphatic carbocycles. The maximum atomic E-state index is 12.6. The molecule has 7 nitrogen and oxygen atoms in total. The quantitative estimate of drug-likeness (QED) is 0.360. The first-order chi connectivity index (χ1) is 12.6. The van der Waals surface area contributed by atoms with E-state index >= 15 is 0 Å². The molecule has 0 saturated heterocycles. The van der Waals surface area contributed by atoms with Crippen molar-refractivity contribution in [1.82, 2.24) is 10.2 Å². The van der Waals surface area contributed by atoms with E-state index in [1.54, 1.807) is 6.08 Å². The molecule has 0 fully saturated rings. The van der Waals surface area contributed by atoms with Gasteiger partial charge in [0.1, 0.15) is 6.04 Å². The molecule has 0 radical (unpaired) electrons. The van der Waals surface area contributed by atoms with E-state index < -0.39 is 22.0 Å². The Labute approximate surface area is 175 Å². The zero-order valence-electron chi connectivity index (χ0n) is 14.3. The molecule has 0 aliphatic heterocycles. The number of carbonyl (C=O) groups excluding carboxylic acids is 1. The van der Waals surface area contributed by atoms with Crippen LogP contribution in [0.4, 0.5) is 10.8 Å². The molecule has 1 aromatic heterocycles. The lowest BCUT2D eigenvalue weighted by Crippen LogP contribution is -2.45. The molecular weight excluding hydrogens is 451 g/mol. The van der Waals surface area contributed by atoms with E-state index in [0.29, 0.717) is 10.1 Å². The number of carbonyl (C=O) groups is 1. The van der Waals surface area contributed by atoms with Gasteiger partial charge in [-0.25, -0.2) is 8.42 Å². The predicted molar refractivity (Wildman–Crippen MR) is 113 cm³/mol. The predicted octanol–water partition coefficient (Wildman–Crippen LogP) is 3.92. The van der Waals surface area contributed by atoms with Crippen LogP contribution in [0.3, 0.4) is 0 Å². The number of hydrogen-bond acceptors (Lipinski definition) is 7. The summed E-state index contributed by atoms with van der Waals surface area (Å²) < 4.78 is 26.2. The van der Waals surface area contributed by atoms with Gasteiger partial charge in [0.05, 0.1) is 11.9 Å². The first-order valence-corrected chi connectivity index (χ1v) is 11.9. The van der Waals surface area contributed by atoms with Gasteiger partial charge in [-0.1, -0.05) is 52.4 Å². The molecule has 1 amide bonds. The molecule has 146 valence electrons. The van der Waals surface area contributed by atoms with Crippen molar-refractivity contribution in [3.63, 3.8) is 0 Å². The number of halogens is 2. The molecule has 2 aromatic rings. The summed E-state index contributed by atoms with van der Waals surface area (Å²) in [6, 6.07) is 3.25. The van der Waals surface area contributed by atoms with Gasteiger partial charge < -0.3 is 0 Å². The summed E-state index contributed by atoms with van der Waals surface area (Å²) in [6.07, 6.45) is 2.73. The number of anilines is 2. The van der Waals surface area contributed by atoms with Crippen LogP contribution in [0.1, 0.15) is 6.92 Å². The number of benzene rings is 1. The van der Waals surface area contributed by atoms with E-state index in [-0.39, 0.29) is 20.9 Å². The number of hydrogen-bond donors (Lipinski definition) is 1. The maximum absolute atomic E-state index is 12.6. The van der Waals surface area contributed by atoms with E-state index in [2.05, 4.69) is 22.1 Å². The van der Waals surface area contributed by atoms with Crippen LogP contribution in [-0.2, 0) is 14.8 Å². The van der Waals surface area contributed by atoms with Gasteiger partial charge in [0.15, 0.2) is 4.34 Å². The van der Waals surface area contributed by atoms with Crippen LogP contribution < -0.4 is 9.62 Å². The molecular formula is C15H16Cl2N4O3S3. The van der Waals surface area contributed by atoms with Crippen molar-refractivity contribution >= 4 is 73.0 Å². The van der Waals surface area contributed by atoms with Gasteiger partial charge >= 0.3 is 0 Å². The largest absolute Gasteiger partial charge is 0.299 e. The van der Waals surface area contributed by atoms with Crippen molar-refractivity contribution in [3.8, 4) is 0 Å². The summed E-state index contributed by atoms with van der Waals surface area (Å²) in [4.78, 5) is 12.6. The summed E-state index contributed by atoms with van der Waals surface area (Å²) >= 11 is 14.6. The summed E-state index contributed by atoms with van der Waals surface area (Å²) in [5.74, 6) is 0.101. The van der Waals surface area contributed by atoms with Gasteiger partial charge in [0.25, 0.3) is 0 Å². The van der Waals surface area contributed by atoms with Crippen molar-refractivity contribution in [1.29, 1.82) is 0 Å². The third kappa shape index (κ3) is 6.08. The Morgan fingerprint density at radius 1 is 1.37 bits per heavy atom. The standard InChI is InChI=1S/C15H16Cl2N4O3S3/c1-4-5-25-15-20-19-14(26-15)18-13(22)9(2)21(27(3,23)24)12-7-10(16)6-11(17)8-12/h4,6-9H,1,5H2,2-3H3,(H,18,19,22). The molecule has 27 heavy (non-hydrogen) atoms. The van der Waals surface area contributed by atoms with Crippen molar-refractivity contribution in [2.24, 2.45) is 0 Å².